The normalized spacial score (nSPS) is 26.0. The lowest BCUT2D eigenvalue weighted by Crippen LogP contribution is -2.53. The van der Waals surface area contributed by atoms with Gasteiger partial charge in [-0.15, -0.1) is 13.2 Å². The average Bonchev–Trinajstić information content (AvgIpc) is 3.54. The zero-order chi connectivity index (χ0) is 39.0. The number of hydrogen-bond donors (Lipinski definition) is 2. The van der Waals surface area contributed by atoms with Crippen molar-refractivity contribution in [3.05, 3.63) is 131 Å². The summed E-state index contributed by atoms with van der Waals surface area (Å²) in [6.45, 7) is 3.27. The van der Waals surface area contributed by atoms with E-state index in [1.165, 1.54) is 31.2 Å². The second-order valence-electron chi connectivity index (χ2n) is 14.5. The summed E-state index contributed by atoms with van der Waals surface area (Å²) in [6.07, 6.45) is -3.38. The van der Waals surface area contributed by atoms with Crippen molar-refractivity contribution in [2.75, 3.05) is 10.3 Å². The predicted octanol–water partition coefficient (Wildman–Crippen LogP) is 6.99. The topological polar surface area (TPSA) is 133 Å². The Hall–Kier alpha value is -6.24. The number of aryl methyl sites for hydroxylation is 1. The summed E-state index contributed by atoms with van der Waals surface area (Å²) in [6, 6.07) is 24.5. The number of phenols is 1. The van der Waals surface area contributed by atoms with Gasteiger partial charge in [0.05, 0.1) is 34.5 Å². The number of imide groups is 2. The fraction of sp³-hybridized carbons (Fsp3) is 0.262. The molecule has 4 aliphatic rings. The number of ketones is 1. The van der Waals surface area contributed by atoms with E-state index < -0.39 is 76.5 Å². The predicted molar refractivity (Wildman–Crippen MR) is 193 cm³/mol. The number of phenolic OH excluding ortho intramolecular Hbond substituents is 1. The van der Waals surface area contributed by atoms with Crippen molar-refractivity contribution in [1.29, 1.82) is 0 Å². The summed E-state index contributed by atoms with van der Waals surface area (Å²) in [5.41, 5.74) is 3.84. The molecule has 4 aromatic rings. The van der Waals surface area contributed by atoms with Crippen LogP contribution in [0.4, 0.5) is 24.5 Å². The van der Waals surface area contributed by atoms with E-state index in [-0.39, 0.29) is 29.9 Å². The molecular formula is C42H34F3N3O7. The summed E-state index contributed by atoms with van der Waals surface area (Å²) >= 11 is 0. The minimum atomic E-state index is -5.09. The summed E-state index contributed by atoms with van der Waals surface area (Å²) in [5.74, 6) is -8.86. The Labute approximate surface area is 313 Å². The number of Topliss-reactive ketones (excluding diaryl/α,β-unsaturated/α-hetero) is 1. The molecule has 0 radical (unpaired) electrons. The van der Waals surface area contributed by atoms with Crippen molar-refractivity contribution in [3.63, 3.8) is 0 Å². The monoisotopic (exact) mass is 749 g/mol. The van der Waals surface area contributed by atoms with Crippen molar-refractivity contribution in [2.45, 2.75) is 44.4 Å². The summed E-state index contributed by atoms with van der Waals surface area (Å²) in [5, 5.41) is 12.4. The largest absolute Gasteiger partial charge is 0.573 e. The number of alkyl halides is 3. The van der Waals surface area contributed by atoms with Gasteiger partial charge >= 0.3 is 6.36 Å². The first-order valence-electron chi connectivity index (χ1n) is 17.8. The van der Waals surface area contributed by atoms with Crippen molar-refractivity contribution in [1.82, 2.24) is 5.01 Å². The summed E-state index contributed by atoms with van der Waals surface area (Å²) < 4.78 is 45.1. The molecule has 55 heavy (non-hydrogen) atoms. The second-order valence-corrected chi connectivity index (χ2v) is 14.5. The van der Waals surface area contributed by atoms with Crippen molar-refractivity contribution >= 4 is 40.8 Å². The highest BCUT2D eigenvalue weighted by atomic mass is 19.4. The molecule has 2 heterocycles. The summed E-state index contributed by atoms with van der Waals surface area (Å²) in [7, 11) is 0. The number of fused-ring (bicyclic) bond motifs is 4. The van der Waals surface area contributed by atoms with E-state index in [1.807, 2.05) is 6.92 Å². The van der Waals surface area contributed by atoms with E-state index in [4.69, 9.17) is 0 Å². The number of halogens is 3. The number of allylic oxidation sites excluding steroid dienone is 2. The molecule has 0 unspecified atom stereocenters. The van der Waals surface area contributed by atoms with Gasteiger partial charge < -0.3 is 9.84 Å². The van der Waals surface area contributed by atoms with Crippen LogP contribution in [0.3, 0.4) is 0 Å². The number of amides is 4. The van der Waals surface area contributed by atoms with Gasteiger partial charge in [-0.3, -0.25) is 34.3 Å². The molecule has 0 spiro atoms. The van der Waals surface area contributed by atoms with Gasteiger partial charge in [0.1, 0.15) is 11.5 Å². The number of ether oxygens (including phenoxy) is 1. The van der Waals surface area contributed by atoms with Crippen LogP contribution in [0.1, 0.15) is 52.7 Å². The Balaban J connectivity index is 1.32. The zero-order valence-corrected chi connectivity index (χ0v) is 29.5. The maximum absolute atomic E-state index is 15.3. The van der Waals surface area contributed by atoms with Crippen LogP contribution in [0, 0.1) is 30.6 Å². The first-order valence-corrected chi connectivity index (χ1v) is 17.8. The molecule has 0 bridgehead atoms. The van der Waals surface area contributed by atoms with Gasteiger partial charge in [0.15, 0.2) is 5.78 Å². The maximum Gasteiger partial charge on any atom is 0.573 e. The smallest absolute Gasteiger partial charge is 0.508 e. The third-order valence-corrected chi connectivity index (χ3v) is 11.5. The van der Waals surface area contributed by atoms with Crippen molar-refractivity contribution in [2.24, 2.45) is 23.7 Å². The molecule has 4 aromatic carbocycles. The van der Waals surface area contributed by atoms with Crippen LogP contribution in [0.5, 0.6) is 11.5 Å². The molecule has 2 aliphatic carbocycles. The number of carbonyl (C=O) groups is 5. The van der Waals surface area contributed by atoms with Gasteiger partial charge in [0.25, 0.3) is 11.8 Å². The highest BCUT2D eigenvalue weighted by Gasteiger charge is 2.70. The molecule has 2 N–H and O–H groups in total. The molecular weight excluding hydrogens is 715 g/mol. The maximum atomic E-state index is 15.3. The van der Waals surface area contributed by atoms with Crippen LogP contribution in [-0.4, -0.2) is 45.9 Å². The van der Waals surface area contributed by atoms with Crippen molar-refractivity contribution < 1.29 is 47.0 Å². The van der Waals surface area contributed by atoms with Crippen LogP contribution >= 0.6 is 0 Å². The van der Waals surface area contributed by atoms with E-state index in [1.54, 1.807) is 60.7 Å². The zero-order valence-electron chi connectivity index (χ0n) is 29.5. The van der Waals surface area contributed by atoms with Crippen LogP contribution in [0.25, 0.3) is 0 Å². The molecule has 3 fully saturated rings. The van der Waals surface area contributed by atoms with Crippen molar-refractivity contribution in [3.8, 4) is 11.5 Å². The fourth-order valence-corrected chi connectivity index (χ4v) is 9.15. The Morgan fingerprint density at radius 1 is 0.873 bits per heavy atom. The lowest BCUT2D eigenvalue weighted by Gasteiger charge is -2.50. The number of benzene rings is 4. The lowest BCUT2D eigenvalue weighted by atomic mass is 9.49. The van der Waals surface area contributed by atoms with E-state index in [9.17, 15) is 37.5 Å². The highest BCUT2D eigenvalue weighted by Crippen LogP contribution is 2.65. The van der Waals surface area contributed by atoms with Gasteiger partial charge in [-0.05, 0) is 92.8 Å². The van der Waals surface area contributed by atoms with E-state index in [2.05, 4.69) is 10.2 Å². The molecule has 10 nitrogen and oxygen atoms in total. The van der Waals surface area contributed by atoms with Crippen LogP contribution in [0.2, 0.25) is 0 Å². The molecule has 4 amide bonds. The Bertz CT molecular complexity index is 2290. The number of carbonyl (C=O) groups excluding carboxylic acids is 5. The van der Waals surface area contributed by atoms with E-state index >= 15 is 4.79 Å². The van der Waals surface area contributed by atoms with Gasteiger partial charge in [-0.25, -0.2) is 0 Å². The number of nitrogens with zero attached hydrogens (tertiary/aromatic N) is 2. The van der Waals surface area contributed by atoms with Gasteiger partial charge in [-0.2, -0.15) is 5.01 Å². The first-order chi connectivity index (χ1) is 26.2. The molecule has 280 valence electrons. The number of anilines is 2. The molecule has 8 rings (SSSR count). The number of hydrazine groups is 1. The lowest BCUT2D eigenvalue weighted by molar-refractivity contribution is -0.274. The Morgan fingerprint density at radius 3 is 2.22 bits per heavy atom. The third kappa shape index (κ3) is 5.67. The quantitative estimate of drug-likeness (QED) is 0.117. The fourth-order valence-electron chi connectivity index (χ4n) is 9.15. The molecule has 13 heteroatoms. The summed E-state index contributed by atoms with van der Waals surface area (Å²) in [4.78, 5) is 71.6. The highest BCUT2D eigenvalue weighted by molar-refractivity contribution is 6.22. The van der Waals surface area contributed by atoms with Crippen LogP contribution in [-0.2, 0) is 24.6 Å². The first kappa shape index (κ1) is 35.8. The van der Waals surface area contributed by atoms with Gasteiger partial charge in [0.2, 0.25) is 11.8 Å². The van der Waals surface area contributed by atoms with Crippen LogP contribution in [0.15, 0.2) is 109 Å². The number of hydrogen-bond acceptors (Lipinski definition) is 8. The minimum absolute atomic E-state index is 0.0438. The molecule has 0 aromatic heterocycles. The second kappa shape index (κ2) is 13.0. The Morgan fingerprint density at radius 2 is 1.56 bits per heavy atom. The third-order valence-electron chi connectivity index (χ3n) is 11.5. The van der Waals surface area contributed by atoms with E-state index in [0.717, 1.165) is 33.7 Å². The molecule has 6 atom stereocenters. The number of rotatable bonds is 7. The molecule has 2 aliphatic heterocycles. The van der Waals surface area contributed by atoms with E-state index in [0.29, 0.717) is 22.4 Å². The van der Waals surface area contributed by atoms with Gasteiger partial charge in [-0.1, -0.05) is 59.7 Å². The number of aromatic hydroxyl groups is 1. The SMILES string of the molecule is CC(=O)c1ccc(N2C(=O)[C@H]3[C@H](CC=C4[C@H]3C[C@H]3C(=O)N(Nc5ccc(C)cc5)C(=O)[C@@]3(c3ccccc3)[C@H]4c3cc(OC(F)(F)F)ccc3O)C2=O)cc1. The molecule has 2 saturated heterocycles. The minimum Gasteiger partial charge on any atom is -0.508 e. The standard InChI is InChI=1S/C42H34F3N3O7/c1-22-8-12-26(13-9-22)46-48-38(52)33-21-31-29(17-18-30-35(31)39(53)47(37(30)51)27-14-10-24(11-15-27)23(2)49)36(41(33,40(48)54)25-6-4-3-5-7-25)32-20-28(16-19-34(32)50)55-42(43,44)45/h3-17,19-20,30-31,33,35-36,46,50H,18,21H2,1-2H3/t30-,31+,33-,35-,36+,41+/m0/s1. The molecule has 1 saturated carbocycles. The number of nitrogens with one attached hydrogen (secondary N) is 1. The van der Waals surface area contributed by atoms with Gasteiger partial charge in [0, 0.05) is 17.0 Å². The average molecular weight is 750 g/mol. The Kier molecular flexibility index (Phi) is 8.43. The van der Waals surface area contributed by atoms with Crippen LogP contribution < -0.4 is 15.1 Å².